The summed E-state index contributed by atoms with van der Waals surface area (Å²) in [5.41, 5.74) is 0. The zero-order chi connectivity index (χ0) is 10.1. The van der Waals surface area contributed by atoms with Gasteiger partial charge in [-0.1, -0.05) is 39.0 Å². The number of ether oxygens (including phenoxy) is 1. The Labute approximate surface area is 80.2 Å². The predicted octanol–water partition coefficient (Wildman–Crippen LogP) is 2.82. The molecule has 0 aliphatic heterocycles. The van der Waals surface area contributed by atoms with Crippen LogP contribution in [0.2, 0.25) is 0 Å². The van der Waals surface area contributed by atoms with E-state index in [9.17, 15) is 0 Å². The summed E-state index contributed by atoms with van der Waals surface area (Å²) in [5.74, 6) is 0.710. The molecule has 1 aromatic carbocycles. The SMILES string of the molecule is CC.CCC(O)Oc1ccccc1. The lowest BCUT2D eigenvalue weighted by Gasteiger charge is -2.10. The number of aliphatic hydroxyl groups is 1. The highest BCUT2D eigenvalue weighted by atomic mass is 16.6. The zero-order valence-corrected chi connectivity index (χ0v) is 8.53. The van der Waals surface area contributed by atoms with E-state index in [0.717, 1.165) is 0 Å². The third-order valence-electron chi connectivity index (χ3n) is 1.36. The molecule has 0 radical (unpaired) electrons. The maximum atomic E-state index is 9.09. The monoisotopic (exact) mass is 182 g/mol. The van der Waals surface area contributed by atoms with Crippen molar-refractivity contribution < 1.29 is 9.84 Å². The Morgan fingerprint density at radius 3 is 2.23 bits per heavy atom. The second kappa shape index (κ2) is 7.62. The Morgan fingerprint density at radius 2 is 1.77 bits per heavy atom. The minimum Gasteiger partial charge on any atom is -0.465 e. The quantitative estimate of drug-likeness (QED) is 0.728. The van der Waals surface area contributed by atoms with Crippen LogP contribution < -0.4 is 4.74 Å². The molecule has 74 valence electrons. The maximum absolute atomic E-state index is 9.09. The molecule has 1 N–H and O–H groups in total. The highest BCUT2D eigenvalue weighted by molar-refractivity contribution is 5.20. The Morgan fingerprint density at radius 1 is 1.23 bits per heavy atom. The normalized spacial score (nSPS) is 11.1. The molecular formula is C11H18O2. The van der Waals surface area contributed by atoms with Crippen molar-refractivity contribution >= 4 is 0 Å². The predicted molar refractivity (Wildman–Crippen MR) is 54.7 cm³/mol. The van der Waals surface area contributed by atoms with Gasteiger partial charge in [0.1, 0.15) is 5.75 Å². The molecule has 0 aliphatic carbocycles. The molecule has 1 rings (SSSR count). The van der Waals surface area contributed by atoms with Gasteiger partial charge in [-0.25, -0.2) is 0 Å². The minimum absolute atomic E-state index is 0.606. The molecule has 0 aromatic heterocycles. The summed E-state index contributed by atoms with van der Waals surface area (Å²) < 4.78 is 5.12. The average Bonchev–Trinajstić information content (AvgIpc) is 2.22. The number of benzene rings is 1. The van der Waals surface area contributed by atoms with Crippen LogP contribution in [0.1, 0.15) is 27.2 Å². The first-order chi connectivity index (χ1) is 6.33. The van der Waals surface area contributed by atoms with E-state index in [1.807, 2.05) is 51.1 Å². The third kappa shape index (κ3) is 5.26. The van der Waals surface area contributed by atoms with E-state index >= 15 is 0 Å². The molecule has 2 nitrogen and oxygen atoms in total. The van der Waals surface area contributed by atoms with Crippen molar-refractivity contribution in [1.29, 1.82) is 0 Å². The molecule has 2 heteroatoms. The summed E-state index contributed by atoms with van der Waals surface area (Å²) >= 11 is 0. The first-order valence-corrected chi connectivity index (χ1v) is 4.72. The van der Waals surface area contributed by atoms with Gasteiger partial charge < -0.3 is 9.84 Å². The fraction of sp³-hybridized carbons (Fsp3) is 0.455. The van der Waals surface area contributed by atoms with Crippen molar-refractivity contribution in [2.24, 2.45) is 0 Å². The van der Waals surface area contributed by atoms with Crippen LogP contribution in [0.5, 0.6) is 5.75 Å². The van der Waals surface area contributed by atoms with Crippen LogP contribution in [0.15, 0.2) is 30.3 Å². The van der Waals surface area contributed by atoms with Crippen LogP contribution in [0.4, 0.5) is 0 Å². The summed E-state index contributed by atoms with van der Waals surface area (Å²) in [6, 6.07) is 9.29. The molecule has 1 atom stereocenters. The third-order valence-corrected chi connectivity index (χ3v) is 1.36. The second-order valence-corrected chi connectivity index (χ2v) is 2.29. The Bertz CT molecular complexity index is 197. The smallest absolute Gasteiger partial charge is 0.197 e. The van der Waals surface area contributed by atoms with E-state index in [4.69, 9.17) is 9.84 Å². The lowest BCUT2D eigenvalue weighted by atomic mass is 10.3. The number of para-hydroxylation sites is 1. The highest BCUT2D eigenvalue weighted by Crippen LogP contribution is 2.10. The molecular weight excluding hydrogens is 164 g/mol. The van der Waals surface area contributed by atoms with Gasteiger partial charge in [-0.2, -0.15) is 0 Å². The van der Waals surface area contributed by atoms with Gasteiger partial charge in [0.2, 0.25) is 0 Å². The summed E-state index contributed by atoms with van der Waals surface area (Å²) in [6.45, 7) is 5.87. The molecule has 0 amide bonds. The van der Waals surface area contributed by atoms with Gasteiger partial charge in [0.25, 0.3) is 0 Å². The first-order valence-electron chi connectivity index (χ1n) is 4.72. The summed E-state index contributed by atoms with van der Waals surface area (Å²) in [5, 5.41) is 9.09. The van der Waals surface area contributed by atoms with E-state index in [0.29, 0.717) is 12.2 Å². The van der Waals surface area contributed by atoms with Crippen LogP contribution in [-0.4, -0.2) is 11.4 Å². The zero-order valence-electron chi connectivity index (χ0n) is 8.53. The van der Waals surface area contributed by atoms with Crippen molar-refractivity contribution in [1.82, 2.24) is 0 Å². The molecule has 1 unspecified atom stereocenters. The van der Waals surface area contributed by atoms with E-state index in [1.54, 1.807) is 0 Å². The van der Waals surface area contributed by atoms with Gasteiger partial charge in [0, 0.05) is 6.42 Å². The van der Waals surface area contributed by atoms with Gasteiger partial charge in [-0.3, -0.25) is 0 Å². The summed E-state index contributed by atoms with van der Waals surface area (Å²) in [7, 11) is 0. The largest absolute Gasteiger partial charge is 0.465 e. The van der Waals surface area contributed by atoms with Crippen molar-refractivity contribution in [2.45, 2.75) is 33.5 Å². The molecule has 0 spiro atoms. The molecule has 0 aliphatic rings. The Hall–Kier alpha value is -1.02. The van der Waals surface area contributed by atoms with Gasteiger partial charge in [-0.15, -0.1) is 0 Å². The van der Waals surface area contributed by atoms with Gasteiger partial charge in [-0.05, 0) is 12.1 Å². The van der Waals surface area contributed by atoms with Crippen molar-refractivity contribution in [3.8, 4) is 5.75 Å². The molecule has 0 saturated carbocycles. The topological polar surface area (TPSA) is 29.5 Å². The number of hydrogen-bond acceptors (Lipinski definition) is 2. The Kier molecular flexibility index (Phi) is 7.02. The van der Waals surface area contributed by atoms with E-state index < -0.39 is 6.29 Å². The van der Waals surface area contributed by atoms with Crippen LogP contribution in [0.25, 0.3) is 0 Å². The van der Waals surface area contributed by atoms with E-state index in [2.05, 4.69) is 0 Å². The molecule has 13 heavy (non-hydrogen) atoms. The van der Waals surface area contributed by atoms with Crippen molar-refractivity contribution in [2.75, 3.05) is 0 Å². The van der Waals surface area contributed by atoms with Crippen LogP contribution in [0, 0.1) is 0 Å². The van der Waals surface area contributed by atoms with Crippen LogP contribution in [-0.2, 0) is 0 Å². The van der Waals surface area contributed by atoms with Crippen molar-refractivity contribution in [3.63, 3.8) is 0 Å². The highest BCUT2D eigenvalue weighted by Gasteiger charge is 1.99. The second-order valence-electron chi connectivity index (χ2n) is 2.29. The minimum atomic E-state index is -0.683. The molecule has 0 saturated heterocycles. The molecule has 0 heterocycles. The fourth-order valence-corrected chi connectivity index (χ4v) is 0.739. The fourth-order valence-electron chi connectivity index (χ4n) is 0.739. The number of rotatable bonds is 3. The van der Waals surface area contributed by atoms with Gasteiger partial charge in [0.15, 0.2) is 6.29 Å². The molecule has 0 fully saturated rings. The lowest BCUT2D eigenvalue weighted by molar-refractivity contribution is -0.0191. The molecule has 1 aromatic rings. The van der Waals surface area contributed by atoms with E-state index in [1.165, 1.54) is 0 Å². The van der Waals surface area contributed by atoms with Gasteiger partial charge >= 0.3 is 0 Å². The van der Waals surface area contributed by atoms with Crippen molar-refractivity contribution in [3.05, 3.63) is 30.3 Å². The van der Waals surface area contributed by atoms with Crippen LogP contribution in [0.3, 0.4) is 0 Å². The average molecular weight is 182 g/mol. The van der Waals surface area contributed by atoms with E-state index in [-0.39, 0.29) is 0 Å². The lowest BCUT2D eigenvalue weighted by Crippen LogP contribution is -2.13. The standard InChI is InChI=1S/C9H12O2.C2H6/c1-2-9(10)11-8-6-4-3-5-7-8;1-2/h3-7,9-10H,2H2,1H3;1-2H3. The van der Waals surface area contributed by atoms with Crippen LogP contribution >= 0.6 is 0 Å². The first kappa shape index (κ1) is 12.0. The summed E-state index contributed by atoms with van der Waals surface area (Å²) in [6.07, 6.45) is -0.0769. The number of aliphatic hydroxyl groups excluding tert-OH is 1. The van der Waals surface area contributed by atoms with Gasteiger partial charge in [0.05, 0.1) is 0 Å². The summed E-state index contributed by atoms with van der Waals surface area (Å²) in [4.78, 5) is 0. The maximum Gasteiger partial charge on any atom is 0.197 e. The number of hydrogen-bond donors (Lipinski definition) is 1. The Balaban J connectivity index is 0.000000671. The molecule has 0 bridgehead atoms.